The number of carboxylic acids is 1. The number of ether oxygens (including phenoxy) is 1. The van der Waals surface area contributed by atoms with Gasteiger partial charge in [-0.3, -0.25) is 0 Å². The number of halogens is 1. The van der Waals surface area contributed by atoms with Crippen LogP contribution in [0.15, 0.2) is 36.4 Å². The number of carboxylic acid groups (broad SMARTS) is 1. The Morgan fingerprint density at radius 2 is 2.12 bits per heavy atom. The van der Waals surface area contributed by atoms with Gasteiger partial charge in [0.25, 0.3) is 0 Å². The number of aliphatic carboxylic acids is 1. The average Bonchev–Trinajstić information content (AvgIpc) is 2.59. The Labute approximate surface area is 175 Å². The minimum absolute atomic E-state index is 0. The summed E-state index contributed by atoms with van der Waals surface area (Å²) < 4.78 is 20.0. The number of carbonyl (C=O) groups is 1. The van der Waals surface area contributed by atoms with Crippen molar-refractivity contribution in [2.45, 2.75) is 32.3 Å². The maximum Gasteiger partial charge on any atom is 1.00 e. The molecule has 0 spiro atoms. The molecule has 0 aromatic heterocycles. The Kier molecular flexibility index (Phi) is 7.50. The number of rotatable bonds is 6. The molecule has 0 unspecified atom stereocenters. The van der Waals surface area contributed by atoms with Crippen LogP contribution in [-0.4, -0.2) is 19.6 Å². The topological polar surface area (TPSA) is 52.6 Å². The summed E-state index contributed by atoms with van der Waals surface area (Å²) in [7, 11) is 2.05. The predicted octanol–water partition coefficient (Wildman–Crippen LogP) is -0.526. The van der Waals surface area contributed by atoms with Crippen molar-refractivity contribution >= 4 is 11.7 Å². The molecule has 0 saturated carbocycles. The number of para-hydroxylation sites is 1. The molecule has 3 rings (SSSR count). The number of hydrogen-bond donors (Lipinski definition) is 0. The van der Waals surface area contributed by atoms with Gasteiger partial charge in [0.2, 0.25) is 0 Å². The van der Waals surface area contributed by atoms with Gasteiger partial charge in [-0.25, -0.2) is 4.39 Å². The van der Waals surface area contributed by atoms with Crippen LogP contribution < -0.4 is 44.3 Å². The van der Waals surface area contributed by atoms with E-state index in [9.17, 15) is 14.3 Å². The summed E-state index contributed by atoms with van der Waals surface area (Å²) in [6.45, 7) is 1.26. The van der Waals surface area contributed by atoms with E-state index in [1.807, 2.05) is 12.1 Å². The molecule has 1 aliphatic heterocycles. The van der Waals surface area contributed by atoms with Crippen LogP contribution in [-0.2, 0) is 24.2 Å². The minimum Gasteiger partial charge on any atom is -0.550 e. The summed E-state index contributed by atoms with van der Waals surface area (Å²) in [5.74, 6) is -0.777. The fraction of sp³-hybridized carbons (Fsp3) is 0.350. The summed E-state index contributed by atoms with van der Waals surface area (Å²) in [5.41, 5.74) is 3.48. The molecule has 0 amide bonds. The minimum atomic E-state index is -1.18. The molecule has 0 N–H and O–H groups in total. The van der Waals surface area contributed by atoms with E-state index in [-0.39, 0.29) is 49.0 Å². The normalized spacial score (nSPS) is 12.9. The van der Waals surface area contributed by atoms with Crippen molar-refractivity contribution in [3.63, 3.8) is 0 Å². The van der Waals surface area contributed by atoms with Crippen LogP contribution >= 0.6 is 0 Å². The van der Waals surface area contributed by atoms with Crippen molar-refractivity contribution in [2.24, 2.45) is 0 Å². The third kappa shape index (κ3) is 5.00. The number of carbonyl (C=O) groups excluding carboxylic acids is 1. The van der Waals surface area contributed by atoms with Crippen molar-refractivity contribution in [3.8, 4) is 5.75 Å². The molecular weight excluding hydrogens is 344 g/mol. The van der Waals surface area contributed by atoms with E-state index in [1.54, 1.807) is 12.1 Å². The van der Waals surface area contributed by atoms with Gasteiger partial charge in [-0.2, -0.15) is 0 Å². The van der Waals surface area contributed by atoms with E-state index in [1.165, 1.54) is 11.6 Å². The van der Waals surface area contributed by atoms with Gasteiger partial charge in [-0.15, -0.1) is 0 Å². The zero-order valence-electron chi connectivity index (χ0n) is 15.3. The van der Waals surface area contributed by atoms with Crippen molar-refractivity contribution in [1.29, 1.82) is 0 Å². The van der Waals surface area contributed by atoms with Crippen LogP contribution in [0, 0.1) is 5.82 Å². The molecule has 0 radical (unpaired) electrons. The summed E-state index contributed by atoms with van der Waals surface area (Å²) >= 11 is 0. The van der Waals surface area contributed by atoms with E-state index < -0.39 is 11.8 Å². The van der Waals surface area contributed by atoms with Crippen LogP contribution in [0.2, 0.25) is 0 Å². The summed E-state index contributed by atoms with van der Waals surface area (Å²) in [5, 5.41) is 10.5. The quantitative estimate of drug-likeness (QED) is 0.646. The van der Waals surface area contributed by atoms with E-state index >= 15 is 0 Å². The molecule has 0 bridgehead atoms. The van der Waals surface area contributed by atoms with Gasteiger partial charge in [0.05, 0.1) is 5.69 Å². The Morgan fingerprint density at radius 1 is 1.31 bits per heavy atom. The number of anilines is 1. The number of nitrogens with zero attached hydrogens (tertiary/aromatic N) is 1. The Hall–Kier alpha value is -1.56. The van der Waals surface area contributed by atoms with Gasteiger partial charge < -0.3 is 19.5 Å². The van der Waals surface area contributed by atoms with Gasteiger partial charge in [-0.05, 0) is 54.5 Å². The first-order chi connectivity index (χ1) is 12.0. The standard InChI is InChI=1S/C20H22FNO3.Na/c1-22-11-3-5-16-4-2-6-18(20(16)22)25-13-14-7-8-15(17(21)12-14)9-10-19(23)24;/h2,4,6-8,12H,3,5,9-11,13H2,1H3,(H,23,24);/q;+1/p-1. The van der Waals surface area contributed by atoms with Gasteiger partial charge in [0, 0.05) is 19.6 Å². The molecule has 0 fully saturated rings. The Bertz CT molecular complexity index is 782. The fourth-order valence-corrected chi connectivity index (χ4v) is 3.22. The first-order valence-electron chi connectivity index (χ1n) is 8.47. The van der Waals surface area contributed by atoms with Gasteiger partial charge in [-0.1, -0.05) is 24.3 Å². The molecule has 0 aliphatic carbocycles. The third-order valence-corrected chi connectivity index (χ3v) is 4.51. The molecule has 1 aliphatic rings. The maximum atomic E-state index is 14.1. The third-order valence-electron chi connectivity index (χ3n) is 4.51. The molecule has 1 heterocycles. The van der Waals surface area contributed by atoms with Crippen molar-refractivity contribution in [1.82, 2.24) is 0 Å². The van der Waals surface area contributed by atoms with Crippen LogP contribution in [0.5, 0.6) is 5.75 Å². The van der Waals surface area contributed by atoms with Crippen LogP contribution in [0.4, 0.5) is 10.1 Å². The van der Waals surface area contributed by atoms with Crippen molar-refractivity contribution in [2.75, 3.05) is 18.5 Å². The molecule has 0 saturated heterocycles. The average molecular weight is 365 g/mol. The van der Waals surface area contributed by atoms with Crippen LogP contribution in [0.3, 0.4) is 0 Å². The molecule has 4 nitrogen and oxygen atoms in total. The molecule has 0 atom stereocenters. The molecule has 26 heavy (non-hydrogen) atoms. The van der Waals surface area contributed by atoms with Gasteiger partial charge >= 0.3 is 29.6 Å². The largest absolute Gasteiger partial charge is 1.00 e. The maximum absolute atomic E-state index is 14.1. The molecule has 2 aromatic rings. The number of aryl methyl sites for hydroxylation is 2. The number of fused-ring (bicyclic) bond motifs is 1. The Morgan fingerprint density at radius 3 is 2.85 bits per heavy atom. The number of benzene rings is 2. The van der Waals surface area contributed by atoms with Gasteiger partial charge in [0.15, 0.2) is 0 Å². The zero-order valence-corrected chi connectivity index (χ0v) is 17.3. The molecule has 2 aromatic carbocycles. The smallest absolute Gasteiger partial charge is 0.550 e. The van der Waals surface area contributed by atoms with Crippen LogP contribution in [0.1, 0.15) is 29.5 Å². The Balaban J connectivity index is 0.00000243. The molecular formula is C20H21FNNaO3. The van der Waals surface area contributed by atoms with E-state index in [0.717, 1.165) is 30.8 Å². The summed E-state index contributed by atoms with van der Waals surface area (Å²) in [6, 6.07) is 10.8. The predicted molar refractivity (Wildman–Crippen MR) is 92.1 cm³/mol. The monoisotopic (exact) mass is 365 g/mol. The van der Waals surface area contributed by atoms with Crippen molar-refractivity contribution in [3.05, 3.63) is 58.9 Å². The SMILES string of the molecule is CN1CCCc2cccc(OCc3ccc(CCC(=O)[O-])c(F)c3)c21.[Na+]. The second-order valence-electron chi connectivity index (χ2n) is 6.38. The van der Waals surface area contributed by atoms with E-state index in [4.69, 9.17) is 4.74 Å². The second kappa shape index (κ2) is 9.40. The van der Waals surface area contributed by atoms with Gasteiger partial charge in [0.1, 0.15) is 18.2 Å². The molecule has 132 valence electrons. The summed E-state index contributed by atoms with van der Waals surface area (Å²) in [6.07, 6.45) is 2.12. The van der Waals surface area contributed by atoms with Crippen LogP contribution in [0.25, 0.3) is 0 Å². The first kappa shape index (κ1) is 20.7. The fourth-order valence-electron chi connectivity index (χ4n) is 3.22. The molecule has 6 heteroatoms. The first-order valence-corrected chi connectivity index (χ1v) is 8.47. The van der Waals surface area contributed by atoms with E-state index in [0.29, 0.717) is 11.1 Å². The summed E-state index contributed by atoms with van der Waals surface area (Å²) in [4.78, 5) is 12.7. The zero-order chi connectivity index (χ0) is 17.8. The van der Waals surface area contributed by atoms with E-state index in [2.05, 4.69) is 18.0 Å². The second-order valence-corrected chi connectivity index (χ2v) is 6.38. The number of hydrogen-bond acceptors (Lipinski definition) is 4. The van der Waals surface area contributed by atoms with Crippen molar-refractivity contribution < 1.29 is 48.6 Å².